The highest BCUT2D eigenvalue weighted by atomic mass is 16.3. The highest BCUT2D eigenvalue weighted by Gasteiger charge is 2.20. The van der Waals surface area contributed by atoms with Gasteiger partial charge in [-0.25, -0.2) is 15.0 Å². The Labute approximate surface area is 259 Å². The van der Waals surface area contributed by atoms with Crippen LogP contribution in [0.1, 0.15) is 0 Å². The van der Waals surface area contributed by atoms with E-state index in [-0.39, 0.29) is 0 Å². The van der Waals surface area contributed by atoms with Crippen LogP contribution < -0.4 is 0 Å². The van der Waals surface area contributed by atoms with Crippen molar-refractivity contribution < 1.29 is 4.42 Å². The van der Waals surface area contributed by atoms with Crippen molar-refractivity contribution in [2.24, 2.45) is 0 Å². The Hall–Kier alpha value is -6.13. The normalized spacial score (nSPS) is 11.6. The van der Waals surface area contributed by atoms with E-state index in [4.69, 9.17) is 19.4 Å². The Balaban J connectivity index is 1.35. The molecule has 3 heterocycles. The molecule has 210 valence electrons. The molecular formula is C41H25N3O. The lowest BCUT2D eigenvalue weighted by Crippen LogP contribution is -1.96. The summed E-state index contributed by atoms with van der Waals surface area (Å²) in [6.45, 7) is 0. The zero-order valence-corrected chi connectivity index (χ0v) is 24.2. The van der Waals surface area contributed by atoms with Crippen molar-refractivity contribution in [3.63, 3.8) is 0 Å². The second kappa shape index (κ2) is 10.2. The smallest absolute Gasteiger partial charge is 0.160 e. The average Bonchev–Trinajstić information content (AvgIpc) is 3.51. The minimum absolute atomic E-state index is 0.676. The quantitative estimate of drug-likeness (QED) is 0.196. The van der Waals surface area contributed by atoms with Crippen LogP contribution in [0.4, 0.5) is 0 Å². The van der Waals surface area contributed by atoms with E-state index < -0.39 is 0 Å². The predicted molar refractivity (Wildman–Crippen MR) is 184 cm³/mol. The molecule has 0 aliphatic carbocycles. The van der Waals surface area contributed by atoms with Gasteiger partial charge in [-0.05, 0) is 30.3 Å². The number of nitrogens with zero attached hydrogens (tertiary/aromatic N) is 3. The van der Waals surface area contributed by atoms with Gasteiger partial charge in [0.1, 0.15) is 11.2 Å². The molecule has 0 saturated heterocycles. The molecule has 0 atom stereocenters. The molecule has 9 rings (SSSR count). The van der Waals surface area contributed by atoms with E-state index in [1.54, 1.807) is 0 Å². The summed E-state index contributed by atoms with van der Waals surface area (Å²) in [5, 5.41) is 5.47. The van der Waals surface area contributed by atoms with Crippen molar-refractivity contribution in [3.8, 4) is 45.2 Å². The number of hydrogen-bond acceptors (Lipinski definition) is 4. The summed E-state index contributed by atoms with van der Waals surface area (Å²) in [5.74, 6) is 0.676. The molecule has 0 saturated carbocycles. The highest BCUT2D eigenvalue weighted by Crippen LogP contribution is 2.43. The summed E-state index contributed by atoms with van der Waals surface area (Å²) >= 11 is 0. The van der Waals surface area contributed by atoms with E-state index in [9.17, 15) is 0 Å². The van der Waals surface area contributed by atoms with Crippen LogP contribution in [0, 0.1) is 0 Å². The third-order valence-electron chi connectivity index (χ3n) is 8.48. The summed E-state index contributed by atoms with van der Waals surface area (Å²) in [7, 11) is 0. The van der Waals surface area contributed by atoms with Gasteiger partial charge in [0.2, 0.25) is 0 Å². The fourth-order valence-electron chi connectivity index (χ4n) is 6.41. The maximum Gasteiger partial charge on any atom is 0.160 e. The van der Waals surface area contributed by atoms with Crippen LogP contribution in [-0.2, 0) is 0 Å². The number of para-hydroxylation sites is 2. The lowest BCUT2D eigenvalue weighted by Gasteiger charge is -2.11. The molecule has 0 N–H and O–H groups in total. The zero-order chi connectivity index (χ0) is 29.7. The van der Waals surface area contributed by atoms with Crippen molar-refractivity contribution in [2.75, 3.05) is 0 Å². The molecule has 0 radical (unpaired) electrons. The lowest BCUT2D eigenvalue weighted by molar-refractivity contribution is 0.670. The maximum absolute atomic E-state index is 6.75. The fourth-order valence-corrected chi connectivity index (χ4v) is 6.41. The summed E-state index contributed by atoms with van der Waals surface area (Å²) in [4.78, 5) is 15.2. The van der Waals surface area contributed by atoms with Crippen LogP contribution in [0.2, 0.25) is 0 Å². The van der Waals surface area contributed by atoms with Crippen molar-refractivity contribution in [1.82, 2.24) is 15.0 Å². The molecule has 4 nitrogen and oxygen atoms in total. The maximum atomic E-state index is 6.75. The van der Waals surface area contributed by atoms with E-state index in [1.807, 2.05) is 60.7 Å². The van der Waals surface area contributed by atoms with Gasteiger partial charge in [-0.1, -0.05) is 121 Å². The third-order valence-corrected chi connectivity index (χ3v) is 8.48. The van der Waals surface area contributed by atoms with Crippen LogP contribution in [0.15, 0.2) is 156 Å². The summed E-state index contributed by atoms with van der Waals surface area (Å²) < 4.78 is 6.75. The first kappa shape index (κ1) is 25.4. The SMILES string of the molecule is c1ccc(-c2cc(-c3cccc4c3oc3ccc5c(-c6ccccc6)nc6ccccc6c5c34)nc(-c3ccccc3)n2)cc1. The highest BCUT2D eigenvalue weighted by molar-refractivity contribution is 6.28. The molecule has 0 aliphatic heterocycles. The Morgan fingerprint density at radius 2 is 1.07 bits per heavy atom. The van der Waals surface area contributed by atoms with Gasteiger partial charge in [0.15, 0.2) is 5.82 Å². The first-order valence-electron chi connectivity index (χ1n) is 15.0. The van der Waals surface area contributed by atoms with Crippen LogP contribution in [-0.4, -0.2) is 15.0 Å². The van der Waals surface area contributed by atoms with E-state index in [1.165, 1.54) is 0 Å². The largest absolute Gasteiger partial charge is 0.455 e. The number of fused-ring (bicyclic) bond motifs is 7. The second-order valence-corrected chi connectivity index (χ2v) is 11.2. The Kier molecular flexibility index (Phi) is 5.78. The standard InChI is InChI=1S/C41H25N3O/c1-4-13-26(14-5-1)34-25-35(44-41(43-34)28-17-8-3-9-18-28)30-20-12-21-32-38-36(45-40(30)32)24-23-31-37(38)29-19-10-11-22-33(29)42-39(31)27-15-6-2-7-16-27/h1-25H. The summed E-state index contributed by atoms with van der Waals surface area (Å²) in [6.07, 6.45) is 0. The number of hydrogen-bond donors (Lipinski definition) is 0. The van der Waals surface area contributed by atoms with Gasteiger partial charge < -0.3 is 4.42 Å². The van der Waals surface area contributed by atoms with Crippen molar-refractivity contribution in [1.29, 1.82) is 0 Å². The van der Waals surface area contributed by atoms with Gasteiger partial charge in [-0.15, -0.1) is 0 Å². The topological polar surface area (TPSA) is 51.8 Å². The van der Waals surface area contributed by atoms with Gasteiger partial charge in [-0.3, -0.25) is 0 Å². The molecule has 3 aromatic heterocycles. The minimum atomic E-state index is 0.676. The molecule has 0 spiro atoms. The Morgan fingerprint density at radius 3 is 1.84 bits per heavy atom. The number of aromatic nitrogens is 3. The van der Waals surface area contributed by atoms with Gasteiger partial charge in [0.05, 0.1) is 22.6 Å². The summed E-state index contributed by atoms with van der Waals surface area (Å²) in [5.41, 5.74) is 9.25. The van der Waals surface area contributed by atoms with Crippen LogP contribution in [0.5, 0.6) is 0 Å². The lowest BCUT2D eigenvalue weighted by atomic mass is 9.95. The predicted octanol–water partition coefficient (Wildman–Crippen LogP) is 10.7. The number of pyridine rings is 1. The molecule has 9 aromatic rings. The molecule has 4 heteroatoms. The molecule has 6 aromatic carbocycles. The van der Waals surface area contributed by atoms with Gasteiger partial charge in [0, 0.05) is 49.2 Å². The molecule has 0 fully saturated rings. The Morgan fingerprint density at radius 1 is 0.422 bits per heavy atom. The molecule has 45 heavy (non-hydrogen) atoms. The van der Waals surface area contributed by atoms with E-state index in [2.05, 4.69) is 91.0 Å². The van der Waals surface area contributed by atoms with E-state index in [0.29, 0.717) is 5.82 Å². The van der Waals surface area contributed by atoms with Gasteiger partial charge in [0.25, 0.3) is 0 Å². The zero-order valence-electron chi connectivity index (χ0n) is 24.2. The van der Waals surface area contributed by atoms with Gasteiger partial charge in [-0.2, -0.15) is 0 Å². The third kappa shape index (κ3) is 4.19. The monoisotopic (exact) mass is 575 g/mol. The van der Waals surface area contributed by atoms with Gasteiger partial charge >= 0.3 is 0 Å². The summed E-state index contributed by atoms with van der Waals surface area (Å²) in [6, 6.07) is 51.8. The van der Waals surface area contributed by atoms with Crippen molar-refractivity contribution in [2.45, 2.75) is 0 Å². The molecule has 0 bridgehead atoms. The number of benzene rings is 6. The molecular weight excluding hydrogens is 550 g/mol. The fraction of sp³-hybridized carbons (Fsp3) is 0. The first-order valence-corrected chi connectivity index (χ1v) is 15.0. The van der Waals surface area contributed by atoms with Crippen molar-refractivity contribution >= 4 is 43.6 Å². The Bertz CT molecular complexity index is 2460. The van der Waals surface area contributed by atoms with Crippen LogP contribution in [0.25, 0.3) is 88.8 Å². The second-order valence-electron chi connectivity index (χ2n) is 11.2. The number of furan rings is 1. The van der Waals surface area contributed by atoms with E-state index in [0.717, 1.165) is 82.9 Å². The average molecular weight is 576 g/mol. The van der Waals surface area contributed by atoms with Crippen molar-refractivity contribution in [3.05, 3.63) is 152 Å². The van der Waals surface area contributed by atoms with E-state index >= 15 is 0 Å². The number of rotatable bonds is 4. The minimum Gasteiger partial charge on any atom is -0.455 e. The molecule has 0 amide bonds. The molecule has 0 unspecified atom stereocenters. The molecule has 0 aliphatic rings. The first-order chi connectivity index (χ1) is 22.3. The van der Waals surface area contributed by atoms with Crippen LogP contribution in [0.3, 0.4) is 0 Å². The van der Waals surface area contributed by atoms with Crippen LogP contribution >= 0.6 is 0 Å².